The average molecular weight is 417 g/mol. The van der Waals surface area contributed by atoms with Crippen molar-refractivity contribution in [3.8, 4) is 0 Å². The van der Waals surface area contributed by atoms with Gasteiger partial charge in [0.15, 0.2) is 5.78 Å². The molecule has 3 saturated carbocycles. The Morgan fingerprint density at radius 2 is 1.70 bits per heavy atom. The van der Waals surface area contributed by atoms with Crippen molar-refractivity contribution in [3.05, 3.63) is 11.6 Å². The van der Waals surface area contributed by atoms with Gasteiger partial charge >= 0.3 is 11.9 Å². The Kier molecular flexibility index (Phi) is 5.61. The van der Waals surface area contributed by atoms with Gasteiger partial charge in [-0.1, -0.05) is 33.3 Å². The minimum atomic E-state index is -0.182. The van der Waals surface area contributed by atoms with Gasteiger partial charge in [0.2, 0.25) is 0 Å². The van der Waals surface area contributed by atoms with Crippen LogP contribution in [0, 0.1) is 28.6 Å². The molecule has 0 radical (unpaired) electrons. The van der Waals surface area contributed by atoms with Crippen molar-refractivity contribution in [1.29, 1.82) is 0 Å². The maximum Gasteiger partial charge on any atom is 0.305 e. The molecule has 0 aromatic heterocycles. The highest BCUT2D eigenvalue weighted by atomic mass is 16.5. The Hall–Kier alpha value is -1.65. The third-order valence-corrected chi connectivity index (χ3v) is 9.01. The standard InChI is InChI=1S/C25H36O5/c1-5-21(27)29-19-14-15-13-16(26)9-11-24(15,3)18-10-12-25(4)17(23(18)19)7-8-20(25)30-22(28)6-2/h13,17-20,23H,5-12,14H2,1-4H3/t17-,18-,19+,20+,23-,24-,25-/m0/s1. The molecule has 0 aromatic carbocycles. The number of esters is 2. The summed E-state index contributed by atoms with van der Waals surface area (Å²) in [6.07, 6.45) is 8.51. The van der Waals surface area contributed by atoms with Gasteiger partial charge in [-0.15, -0.1) is 0 Å². The summed E-state index contributed by atoms with van der Waals surface area (Å²) >= 11 is 0. The summed E-state index contributed by atoms with van der Waals surface area (Å²) in [5.74, 6) is 0.957. The summed E-state index contributed by atoms with van der Waals surface area (Å²) in [7, 11) is 0. The molecule has 0 heterocycles. The SMILES string of the molecule is CCC(=O)O[C@@H]1CC2=CC(=O)CC[C@]2(C)[C@H]2CC[C@]3(C)[C@H](OC(=O)CC)CC[C@H]3[C@H]12. The predicted molar refractivity (Wildman–Crippen MR) is 112 cm³/mol. The lowest BCUT2D eigenvalue weighted by molar-refractivity contribution is -0.175. The first-order valence-corrected chi connectivity index (χ1v) is 11.9. The largest absolute Gasteiger partial charge is 0.462 e. The predicted octanol–water partition coefficient (Wildman–Crippen LogP) is 4.77. The normalized spacial score (nSPS) is 42.5. The Balaban J connectivity index is 1.69. The summed E-state index contributed by atoms with van der Waals surface area (Å²) in [5.41, 5.74) is 1.13. The van der Waals surface area contributed by atoms with E-state index in [2.05, 4.69) is 13.8 Å². The van der Waals surface area contributed by atoms with Gasteiger partial charge in [0.05, 0.1) is 0 Å². The number of fused-ring (bicyclic) bond motifs is 5. The van der Waals surface area contributed by atoms with E-state index in [0.717, 1.165) is 32.1 Å². The molecular weight excluding hydrogens is 380 g/mol. The van der Waals surface area contributed by atoms with Crippen LogP contribution in [0.2, 0.25) is 0 Å². The molecule has 0 spiro atoms. The summed E-state index contributed by atoms with van der Waals surface area (Å²) in [6, 6.07) is 0. The Labute approximate surface area is 179 Å². The molecule has 5 nitrogen and oxygen atoms in total. The number of hydrogen-bond donors (Lipinski definition) is 0. The third-order valence-electron chi connectivity index (χ3n) is 9.01. The topological polar surface area (TPSA) is 69.7 Å². The zero-order chi connectivity index (χ0) is 21.7. The molecular formula is C25H36O5. The molecule has 0 aromatic rings. The van der Waals surface area contributed by atoms with Crippen LogP contribution in [0.15, 0.2) is 11.6 Å². The smallest absolute Gasteiger partial charge is 0.305 e. The molecule has 7 atom stereocenters. The first-order valence-electron chi connectivity index (χ1n) is 11.9. The second-order valence-corrected chi connectivity index (χ2v) is 10.4. The zero-order valence-corrected chi connectivity index (χ0v) is 18.9. The fourth-order valence-corrected chi connectivity index (χ4v) is 7.26. The molecule has 166 valence electrons. The number of hydrogen-bond acceptors (Lipinski definition) is 5. The van der Waals surface area contributed by atoms with E-state index < -0.39 is 0 Å². The van der Waals surface area contributed by atoms with Crippen LogP contribution in [0.3, 0.4) is 0 Å². The molecule has 0 N–H and O–H groups in total. The summed E-state index contributed by atoms with van der Waals surface area (Å²) in [5, 5.41) is 0. The van der Waals surface area contributed by atoms with Crippen molar-refractivity contribution in [3.63, 3.8) is 0 Å². The number of ketones is 1. The first kappa shape index (κ1) is 21.6. The average Bonchev–Trinajstić information content (AvgIpc) is 3.05. The Morgan fingerprint density at radius 1 is 1.00 bits per heavy atom. The maximum atomic E-state index is 12.3. The van der Waals surface area contributed by atoms with Crippen LogP contribution in [0.5, 0.6) is 0 Å². The van der Waals surface area contributed by atoms with E-state index in [1.165, 1.54) is 5.57 Å². The minimum absolute atomic E-state index is 0.00715. The first-order chi connectivity index (χ1) is 14.2. The van der Waals surface area contributed by atoms with Crippen LogP contribution >= 0.6 is 0 Å². The number of rotatable bonds is 4. The van der Waals surface area contributed by atoms with Gasteiger partial charge in [-0.25, -0.2) is 0 Å². The molecule has 3 fully saturated rings. The van der Waals surface area contributed by atoms with Gasteiger partial charge < -0.3 is 9.47 Å². The van der Waals surface area contributed by atoms with Crippen molar-refractivity contribution >= 4 is 17.7 Å². The van der Waals surface area contributed by atoms with Crippen molar-refractivity contribution in [2.24, 2.45) is 28.6 Å². The third kappa shape index (κ3) is 3.33. The van der Waals surface area contributed by atoms with Crippen LogP contribution in [0.1, 0.15) is 85.5 Å². The molecule has 0 bridgehead atoms. The van der Waals surface area contributed by atoms with Crippen molar-refractivity contribution in [1.82, 2.24) is 0 Å². The van der Waals surface area contributed by atoms with Gasteiger partial charge in [0, 0.05) is 37.0 Å². The maximum absolute atomic E-state index is 12.3. The van der Waals surface area contributed by atoms with E-state index in [4.69, 9.17) is 9.47 Å². The Morgan fingerprint density at radius 3 is 2.40 bits per heavy atom. The van der Waals surface area contributed by atoms with Crippen LogP contribution in [0.25, 0.3) is 0 Å². The fourth-order valence-electron chi connectivity index (χ4n) is 7.26. The molecule has 4 aliphatic carbocycles. The van der Waals surface area contributed by atoms with Gasteiger partial charge in [0.25, 0.3) is 0 Å². The van der Waals surface area contributed by atoms with E-state index in [1.54, 1.807) is 0 Å². The lowest BCUT2D eigenvalue weighted by Crippen LogP contribution is -2.57. The van der Waals surface area contributed by atoms with Crippen LogP contribution in [-0.2, 0) is 23.9 Å². The molecule has 5 heteroatoms. The highest BCUT2D eigenvalue weighted by Crippen LogP contribution is 2.66. The number of carbonyl (C=O) groups is 3. The summed E-state index contributed by atoms with van der Waals surface area (Å²) in [4.78, 5) is 36.5. The highest BCUT2D eigenvalue weighted by molar-refractivity contribution is 5.91. The lowest BCUT2D eigenvalue weighted by atomic mass is 9.46. The fraction of sp³-hybridized carbons (Fsp3) is 0.800. The van der Waals surface area contributed by atoms with Gasteiger partial charge in [-0.3, -0.25) is 14.4 Å². The van der Waals surface area contributed by atoms with Crippen molar-refractivity contribution < 1.29 is 23.9 Å². The monoisotopic (exact) mass is 416 g/mol. The second kappa shape index (κ2) is 7.80. The van der Waals surface area contributed by atoms with Crippen LogP contribution in [-0.4, -0.2) is 29.9 Å². The lowest BCUT2D eigenvalue weighted by Gasteiger charge is -2.59. The second-order valence-electron chi connectivity index (χ2n) is 10.4. The summed E-state index contributed by atoms with van der Waals surface area (Å²) in [6.45, 7) is 8.28. The van der Waals surface area contributed by atoms with Gasteiger partial charge in [0.1, 0.15) is 12.2 Å². The molecule has 0 amide bonds. The molecule has 0 aliphatic heterocycles. The molecule has 30 heavy (non-hydrogen) atoms. The highest BCUT2D eigenvalue weighted by Gasteiger charge is 2.63. The quantitative estimate of drug-likeness (QED) is 0.617. The van der Waals surface area contributed by atoms with Gasteiger partial charge in [-0.05, 0) is 55.4 Å². The van der Waals surface area contributed by atoms with E-state index in [0.29, 0.717) is 37.5 Å². The number of ether oxygens (including phenoxy) is 2. The van der Waals surface area contributed by atoms with Crippen LogP contribution in [0.4, 0.5) is 0 Å². The summed E-state index contributed by atoms with van der Waals surface area (Å²) < 4.78 is 11.9. The van der Waals surface area contributed by atoms with E-state index >= 15 is 0 Å². The van der Waals surface area contributed by atoms with Crippen molar-refractivity contribution in [2.75, 3.05) is 0 Å². The number of carbonyl (C=O) groups excluding carboxylic acids is 3. The van der Waals surface area contributed by atoms with Crippen molar-refractivity contribution in [2.45, 2.75) is 97.7 Å². The minimum Gasteiger partial charge on any atom is -0.462 e. The zero-order valence-electron chi connectivity index (χ0n) is 18.9. The van der Waals surface area contributed by atoms with E-state index in [-0.39, 0.29) is 46.7 Å². The van der Waals surface area contributed by atoms with Gasteiger partial charge in [-0.2, -0.15) is 0 Å². The van der Waals surface area contributed by atoms with E-state index in [9.17, 15) is 14.4 Å². The molecule has 4 aliphatic rings. The molecule has 0 saturated heterocycles. The van der Waals surface area contributed by atoms with Crippen LogP contribution < -0.4 is 0 Å². The molecule has 0 unspecified atom stereocenters. The molecule has 4 rings (SSSR count). The van der Waals surface area contributed by atoms with E-state index in [1.807, 2.05) is 19.9 Å². The Bertz CT molecular complexity index is 770.